The lowest BCUT2D eigenvalue weighted by molar-refractivity contribution is -0.139. The van der Waals surface area contributed by atoms with Crippen LogP contribution in [0.5, 0.6) is 0 Å². The van der Waals surface area contributed by atoms with Gasteiger partial charge in [-0.2, -0.15) is 0 Å². The Morgan fingerprint density at radius 2 is 2.15 bits per heavy atom. The van der Waals surface area contributed by atoms with Crippen LogP contribution >= 0.6 is 11.6 Å². The van der Waals surface area contributed by atoms with Gasteiger partial charge in [-0.25, -0.2) is 8.78 Å². The molecule has 0 spiro atoms. The molecule has 2 atom stereocenters. The smallest absolute Gasteiger partial charge is 0.257 e. The highest BCUT2D eigenvalue weighted by atomic mass is 35.5. The molecule has 3 rings (SSSR count). The summed E-state index contributed by atoms with van der Waals surface area (Å²) in [6.07, 6.45) is 2.22. The Bertz CT molecular complexity index is 882. The van der Waals surface area contributed by atoms with E-state index in [0.29, 0.717) is 16.3 Å². The van der Waals surface area contributed by atoms with Gasteiger partial charge in [0, 0.05) is 38.0 Å². The summed E-state index contributed by atoms with van der Waals surface area (Å²) >= 11 is 5.86. The Kier molecular flexibility index (Phi) is 5.05. The number of halogens is 3. The second kappa shape index (κ2) is 7.01. The van der Waals surface area contributed by atoms with E-state index in [1.807, 2.05) is 0 Å². The summed E-state index contributed by atoms with van der Waals surface area (Å²) in [7, 11) is 0. The first-order valence-corrected chi connectivity index (χ1v) is 8.76. The third kappa shape index (κ3) is 3.59. The van der Waals surface area contributed by atoms with Gasteiger partial charge in [-0.1, -0.05) is 17.7 Å². The van der Waals surface area contributed by atoms with Crippen LogP contribution in [-0.4, -0.2) is 39.8 Å². The Balaban J connectivity index is 1.99. The molecule has 27 heavy (non-hydrogen) atoms. The van der Waals surface area contributed by atoms with E-state index in [1.54, 1.807) is 24.0 Å². The predicted molar refractivity (Wildman–Crippen MR) is 96.7 cm³/mol. The van der Waals surface area contributed by atoms with E-state index in [4.69, 9.17) is 17.3 Å². The molecular weight excluding hydrogens is 378 g/mol. The van der Waals surface area contributed by atoms with Crippen LogP contribution in [-0.2, 0) is 10.3 Å². The molecule has 6 nitrogen and oxygen atoms in total. The number of nitrogens with zero attached hydrogens (tertiary/aromatic N) is 2. The fourth-order valence-corrected chi connectivity index (χ4v) is 3.52. The molecule has 0 bridgehead atoms. The first-order valence-electron chi connectivity index (χ1n) is 8.38. The lowest BCUT2D eigenvalue weighted by Gasteiger charge is -2.46. The summed E-state index contributed by atoms with van der Waals surface area (Å²) in [5.74, 6) is -4.88. The van der Waals surface area contributed by atoms with Gasteiger partial charge in [0.1, 0.15) is 5.54 Å². The highest BCUT2D eigenvalue weighted by molar-refractivity contribution is 6.30. The highest BCUT2D eigenvalue weighted by Gasteiger charge is 2.51. The topological polar surface area (TPSA) is 92.1 Å². The molecule has 2 aromatic rings. The van der Waals surface area contributed by atoms with E-state index in [-0.39, 0.29) is 18.6 Å². The number of likely N-dealkylation sites (tertiary alicyclic amines) is 1. The molecule has 1 aliphatic rings. The van der Waals surface area contributed by atoms with Crippen LogP contribution in [0.25, 0.3) is 0 Å². The van der Waals surface area contributed by atoms with Gasteiger partial charge in [0.25, 0.3) is 5.92 Å². The van der Waals surface area contributed by atoms with E-state index < -0.39 is 29.7 Å². The maximum absolute atomic E-state index is 14.6. The first-order chi connectivity index (χ1) is 12.6. The predicted octanol–water partition coefficient (Wildman–Crippen LogP) is 2.25. The van der Waals surface area contributed by atoms with Gasteiger partial charge < -0.3 is 10.7 Å². The van der Waals surface area contributed by atoms with Crippen molar-refractivity contribution >= 4 is 17.5 Å². The number of hydrogen-bond donors (Lipinski definition) is 2. The molecule has 1 aliphatic heterocycles. The number of primary amides is 1. The molecule has 1 saturated heterocycles. The maximum atomic E-state index is 14.6. The van der Waals surface area contributed by atoms with Crippen molar-refractivity contribution in [3.05, 3.63) is 63.3 Å². The molecule has 0 radical (unpaired) electrons. The lowest BCUT2D eigenvalue weighted by atomic mass is 9.83. The number of hydrogen-bond acceptors (Lipinski definition) is 4. The molecule has 1 fully saturated rings. The lowest BCUT2D eigenvalue weighted by Crippen LogP contribution is -2.59. The Hall–Kier alpha value is -2.32. The first kappa shape index (κ1) is 19.4. The zero-order valence-corrected chi connectivity index (χ0v) is 15.3. The number of nitrogens with two attached hydrogens (primary N) is 1. The summed E-state index contributed by atoms with van der Waals surface area (Å²) in [4.78, 5) is 31.8. The SMILES string of the molecule is CC(C(N)=O)(c1ccc(Cl)cn1)N1CCC(F)(F)[C@@H](c2ccc(=O)[nH]c2)C1. The van der Waals surface area contributed by atoms with Gasteiger partial charge >= 0.3 is 0 Å². The van der Waals surface area contributed by atoms with Gasteiger partial charge in [0.05, 0.1) is 16.6 Å². The number of piperidine rings is 1. The van der Waals surface area contributed by atoms with Crippen LogP contribution in [0.2, 0.25) is 5.02 Å². The highest BCUT2D eigenvalue weighted by Crippen LogP contribution is 2.43. The molecule has 1 amide bonds. The third-order valence-electron chi connectivity index (χ3n) is 5.18. The van der Waals surface area contributed by atoms with Crippen molar-refractivity contribution < 1.29 is 13.6 Å². The number of nitrogens with one attached hydrogen (secondary N) is 1. The van der Waals surface area contributed by atoms with Crippen LogP contribution in [0, 0.1) is 0 Å². The second-order valence-corrected chi connectivity index (χ2v) is 7.23. The number of carbonyl (C=O) groups is 1. The van der Waals surface area contributed by atoms with E-state index in [0.717, 1.165) is 0 Å². The van der Waals surface area contributed by atoms with Crippen molar-refractivity contribution in [2.45, 2.75) is 30.7 Å². The van der Waals surface area contributed by atoms with E-state index in [1.165, 1.54) is 24.5 Å². The zero-order valence-electron chi connectivity index (χ0n) is 14.6. The number of amides is 1. The molecule has 9 heteroatoms. The Morgan fingerprint density at radius 1 is 1.41 bits per heavy atom. The molecule has 1 unspecified atom stereocenters. The van der Waals surface area contributed by atoms with Crippen LogP contribution in [0.4, 0.5) is 8.78 Å². The van der Waals surface area contributed by atoms with Crippen LogP contribution in [0.1, 0.15) is 30.5 Å². The second-order valence-electron chi connectivity index (χ2n) is 6.79. The minimum Gasteiger partial charge on any atom is -0.368 e. The molecule has 0 saturated carbocycles. The van der Waals surface area contributed by atoms with Gasteiger partial charge in [-0.3, -0.25) is 19.5 Å². The Labute approximate surface area is 159 Å². The summed E-state index contributed by atoms with van der Waals surface area (Å²) in [6.45, 7) is 1.42. The summed E-state index contributed by atoms with van der Waals surface area (Å²) < 4.78 is 29.2. The van der Waals surface area contributed by atoms with Crippen LogP contribution in [0.3, 0.4) is 0 Å². The van der Waals surface area contributed by atoms with Gasteiger partial charge in [-0.05, 0) is 24.6 Å². The van der Waals surface area contributed by atoms with Gasteiger partial charge in [-0.15, -0.1) is 0 Å². The molecule has 144 valence electrons. The molecule has 3 heterocycles. The maximum Gasteiger partial charge on any atom is 0.257 e. The van der Waals surface area contributed by atoms with Crippen molar-refractivity contribution in [1.82, 2.24) is 14.9 Å². The van der Waals surface area contributed by atoms with E-state index in [2.05, 4.69) is 9.97 Å². The van der Waals surface area contributed by atoms with Gasteiger partial charge in [0.2, 0.25) is 11.5 Å². The number of H-pyrrole nitrogens is 1. The number of aromatic nitrogens is 2. The Morgan fingerprint density at radius 3 is 2.70 bits per heavy atom. The summed E-state index contributed by atoms with van der Waals surface area (Å²) in [5, 5.41) is 0.391. The number of aromatic amines is 1. The van der Waals surface area contributed by atoms with Crippen molar-refractivity contribution in [2.75, 3.05) is 13.1 Å². The van der Waals surface area contributed by atoms with Crippen molar-refractivity contribution in [3.8, 4) is 0 Å². The number of carbonyl (C=O) groups excluding carboxylic acids is 1. The van der Waals surface area contributed by atoms with Crippen molar-refractivity contribution in [3.63, 3.8) is 0 Å². The summed E-state index contributed by atoms with van der Waals surface area (Å²) in [6, 6.07) is 5.72. The average molecular weight is 397 g/mol. The molecule has 3 N–H and O–H groups in total. The van der Waals surface area contributed by atoms with Crippen molar-refractivity contribution in [1.29, 1.82) is 0 Å². The van der Waals surface area contributed by atoms with E-state index in [9.17, 15) is 18.4 Å². The minimum absolute atomic E-state index is 0.0312. The molecule has 2 aromatic heterocycles. The molecule has 0 aliphatic carbocycles. The fraction of sp³-hybridized carbons (Fsp3) is 0.389. The molecular formula is C18H19ClF2N4O2. The van der Waals surface area contributed by atoms with E-state index >= 15 is 0 Å². The standard InChI is InChI=1S/C18H19ClF2N4O2/c1-17(16(22)27,14-4-3-12(19)9-23-14)25-7-6-18(20,21)13(10-25)11-2-5-15(26)24-8-11/h2-5,8-9,13H,6-7,10H2,1H3,(H2,22,27)(H,24,26)/t13-,17?/m1/s1. The van der Waals surface area contributed by atoms with Crippen molar-refractivity contribution in [2.24, 2.45) is 5.73 Å². The monoisotopic (exact) mass is 396 g/mol. The zero-order chi connectivity index (χ0) is 19.8. The number of pyridine rings is 2. The quantitative estimate of drug-likeness (QED) is 0.829. The minimum atomic E-state index is -2.99. The van der Waals surface area contributed by atoms with Crippen LogP contribution in [0.15, 0.2) is 41.5 Å². The normalized spacial score (nSPS) is 22.1. The number of rotatable bonds is 4. The third-order valence-corrected chi connectivity index (χ3v) is 5.40. The fourth-order valence-electron chi connectivity index (χ4n) is 3.41. The average Bonchev–Trinajstić information content (AvgIpc) is 2.62. The molecule has 0 aromatic carbocycles. The van der Waals surface area contributed by atoms with Crippen LogP contribution < -0.4 is 11.3 Å². The largest absolute Gasteiger partial charge is 0.368 e. The number of alkyl halides is 2. The van der Waals surface area contributed by atoms with Gasteiger partial charge in [0.15, 0.2) is 0 Å². The summed E-state index contributed by atoms with van der Waals surface area (Å²) in [5.41, 5.74) is 4.54.